The van der Waals surface area contributed by atoms with Crippen molar-refractivity contribution in [2.45, 2.75) is 13.0 Å². The van der Waals surface area contributed by atoms with Crippen LogP contribution in [-0.4, -0.2) is 27.7 Å². The van der Waals surface area contributed by atoms with Gasteiger partial charge in [0.1, 0.15) is 5.75 Å². The van der Waals surface area contributed by atoms with Crippen molar-refractivity contribution < 1.29 is 19.7 Å². The van der Waals surface area contributed by atoms with Crippen LogP contribution in [0.4, 0.5) is 10.5 Å². The Morgan fingerprint density at radius 1 is 1.09 bits per heavy atom. The van der Waals surface area contributed by atoms with Gasteiger partial charge in [-0.05, 0) is 29.7 Å². The molecule has 0 radical (unpaired) electrons. The van der Waals surface area contributed by atoms with Crippen LogP contribution in [0, 0.1) is 4.91 Å². The first-order valence-electron chi connectivity index (χ1n) is 6.93. The first-order valence-corrected chi connectivity index (χ1v) is 6.93. The number of fused-ring (bicyclic) bond motifs is 1. The molecule has 3 rings (SSSR count). The van der Waals surface area contributed by atoms with Crippen molar-refractivity contribution in [3.05, 3.63) is 64.6 Å². The van der Waals surface area contributed by atoms with Gasteiger partial charge in [-0.25, -0.2) is 10.0 Å². The van der Waals surface area contributed by atoms with Gasteiger partial charge in [0, 0.05) is 25.2 Å². The Balaban J connectivity index is 1.66. The van der Waals surface area contributed by atoms with E-state index in [0.29, 0.717) is 18.8 Å². The number of ether oxygens (including phenoxy) is 1. The van der Waals surface area contributed by atoms with E-state index in [9.17, 15) is 9.70 Å². The summed E-state index contributed by atoms with van der Waals surface area (Å²) in [5, 5.41) is 8.76. The van der Waals surface area contributed by atoms with E-state index in [1.54, 1.807) is 4.90 Å². The fraction of sp³-hybridized carbons (Fsp3) is 0.188. The van der Waals surface area contributed by atoms with Crippen molar-refractivity contribution in [1.29, 1.82) is 0 Å². The second-order valence-corrected chi connectivity index (χ2v) is 5.08. The van der Waals surface area contributed by atoms with Gasteiger partial charge in [-0.3, -0.25) is 0 Å². The van der Waals surface area contributed by atoms with E-state index in [0.717, 1.165) is 12.0 Å². The lowest BCUT2D eigenvalue weighted by molar-refractivity contribution is -0.729. The van der Waals surface area contributed by atoms with Gasteiger partial charge in [-0.1, -0.05) is 24.3 Å². The molecule has 1 aliphatic rings. The molecule has 2 aromatic rings. The van der Waals surface area contributed by atoms with Crippen LogP contribution < -0.4 is 4.74 Å². The highest BCUT2D eigenvalue weighted by atomic mass is 16.6. The molecular weight excluding hydrogens is 284 g/mol. The zero-order valence-corrected chi connectivity index (χ0v) is 11.8. The molecule has 6 heteroatoms. The largest absolute Gasteiger partial charge is 0.415 e. The second-order valence-electron chi connectivity index (χ2n) is 5.08. The summed E-state index contributed by atoms with van der Waals surface area (Å²) in [7, 11) is 0. The smallest absolute Gasteiger partial charge is 0.410 e. The van der Waals surface area contributed by atoms with E-state index in [2.05, 4.69) is 6.07 Å². The third-order valence-electron chi connectivity index (χ3n) is 3.65. The topological polar surface area (TPSA) is 69.8 Å². The summed E-state index contributed by atoms with van der Waals surface area (Å²) in [6.45, 7) is 1.14. The van der Waals surface area contributed by atoms with E-state index >= 15 is 0 Å². The summed E-state index contributed by atoms with van der Waals surface area (Å²) < 4.78 is 5.29. The van der Waals surface area contributed by atoms with Crippen LogP contribution in [-0.2, 0) is 13.0 Å². The summed E-state index contributed by atoms with van der Waals surface area (Å²) >= 11 is 0. The highest BCUT2D eigenvalue weighted by Crippen LogP contribution is 2.21. The monoisotopic (exact) mass is 299 g/mol. The number of hydrogen-bond acceptors (Lipinski definition) is 3. The molecule has 1 N–H and O–H groups in total. The summed E-state index contributed by atoms with van der Waals surface area (Å²) in [5.41, 5.74) is 2.46. The Hall–Kier alpha value is -2.89. The van der Waals surface area contributed by atoms with Gasteiger partial charge >= 0.3 is 11.8 Å². The molecule has 0 unspecified atom stereocenters. The quantitative estimate of drug-likeness (QED) is 0.865. The number of nitrogens with zero attached hydrogens (tertiary/aromatic N) is 2. The van der Waals surface area contributed by atoms with Gasteiger partial charge in [-0.15, -0.1) is 0 Å². The van der Waals surface area contributed by atoms with Crippen LogP contribution in [0.25, 0.3) is 0 Å². The highest BCUT2D eigenvalue weighted by Gasteiger charge is 2.22. The van der Waals surface area contributed by atoms with E-state index < -0.39 is 6.09 Å². The lowest BCUT2D eigenvalue weighted by atomic mass is 10.0. The molecule has 0 saturated carbocycles. The third kappa shape index (κ3) is 2.90. The van der Waals surface area contributed by atoms with Gasteiger partial charge < -0.3 is 9.64 Å². The molecule has 0 spiro atoms. The predicted molar refractivity (Wildman–Crippen MR) is 78.1 cm³/mol. The molecule has 1 heterocycles. The first kappa shape index (κ1) is 14.1. The Bertz CT molecular complexity index is 712. The molecule has 0 atom stereocenters. The highest BCUT2D eigenvalue weighted by molar-refractivity contribution is 5.71. The van der Waals surface area contributed by atoms with E-state index in [1.807, 2.05) is 18.2 Å². The molecule has 6 nitrogen and oxygen atoms in total. The van der Waals surface area contributed by atoms with Crippen molar-refractivity contribution >= 4 is 11.8 Å². The summed E-state index contributed by atoms with van der Waals surface area (Å²) in [5.74, 6) is 0.328. The Morgan fingerprint density at radius 2 is 1.77 bits per heavy atom. The standard InChI is InChI=1S/C16H15N2O4/c19-16(22-15-7-5-14(6-8-15)18(20)21)17-10-9-12-3-1-2-4-13(12)11-17/h1-8H,9-11H2,(H,20,21)/q+1. The van der Waals surface area contributed by atoms with Gasteiger partial charge in [-0.2, -0.15) is 0 Å². The van der Waals surface area contributed by atoms with Crippen LogP contribution in [0.5, 0.6) is 5.75 Å². The maximum absolute atomic E-state index is 12.2. The molecule has 0 fully saturated rings. The minimum absolute atomic E-state index is 0.0756. The van der Waals surface area contributed by atoms with Gasteiger partial charge in [0.25, 0.3) is 4.92 Å². The second kappa shape index (κ2) is 5.85. The lowest BCUT2D eigenvalue weighted by Gasteiger charge is -2.27. The summed E-state index contributed by atoms with van der Waals surface area (Å²) in [6.07, 6.45) is 0.380. The molecule has 112 valence electrons. The molecule has 0 aromatic heterocycles. The fourth-order valence-electron chi connectivity index (χ4n) is 2.46. The minimum Gasteiger partial charge on any atom is -0.410 e. The molecule has 22 heavy (non-hydrogen) atoms. The lowest BCUT2D eigenvalue weighted by Crippen LogP contribution is -2.37. The van der Waals surface area contributed by atoms with Crippen molar-refractivity contribution in [3.8, 4) is 5.75 Å². The van der Waals surface area contributed by atoms with Crippen molar-refractivity contribution in [2.24, 2.45) is 0 Å². The number of carbonyl (C=O) groups is 1. The van der Waals surface area contributed by atoms with Crippen LogP contribution in [0.3, 0.4) is 0 Å². The fourth-order valence-corrected chi connectivity index (χ4v) is 2.46. The van der Waals surface area contributed by atoms with Crippen molar-refractivity contribution in [1.82, 2.24) is 4.90 Å². The predicted octanol–water partition coefficient (Wildman–Crippen LogP) is 3.04. The van der Waals surface area contributed by atoms with Crippen molar-refractivity contribution in [3.63, 3.8) is 0 Å². The molecule has 0 aliphatic carbocycles. The van der Waals surface area contributed by atoms with Crippen LogP contribution in [0.15, 0.2) is 48.5 Å². The maximum atomic E-state index is 12.2. The molecule has 0 bridgehead atoms. The van der Waals surface area contributed by atoms with E-state index in [-0.39, 0.29) is 10.6 Å². The first-order chi connectivity index (χ1) is 10.6. The number of amides is 1. The normalized spacial score (nSPS) is 13.4. The molecule has 0 saturated heterocycles. The number of benzene rings is 2. The molecule has 2 aromatic carbocycles. The zero-order valence-electron chi connectivity index (χ0n) is 11.8. The Kier molecular flexibility index (Phi) is 3.74. The Morgan fingerprint density at radius 3 is 2.45 bits per heavy atom. The van der Waals surface area contributed by atoms with Gasteiger partial charge in [0.15, 0.2) is 0 Å². The average Bonchev–Trinajstić information content (AvgIpc) is 2.55. The third-order valence-corrected chi connectivity index (χ3v) is 3.65. The van der Waals surface area contributed by atoms with Crippen LogP contribution in [0.1, 0.15) is 11.1 Å². The molecular formula is C16H15N2O4+. The van der Waals surface area contributed by atoms with Gasteiger partial charge in [0.05, 0.1) is 4.91 Å². The van der Waals surface area contributed by atoms with E-state index in [4.69, 9.17) is 9.94 Å². The number of carbonyl (C=O) groups excluding carboxylic acids is 1. The maximum Gasteiger partial charge on any atom is 0.415 e. The molecule has 1 aliphatic heterocycles. The summed E-state index contributed by atoms with van der Waals surface area (Å²) in [6, 6.07) is 13.7. The Labute approximate surface area is 127 Å². The van der Waals surface area contributed by atoms with Crippen LogP contribution in [0.2, 0.25) is 0 Å². The average molecular weight is 299 g/mol. The summed E-state index contributed by atoms with van der Waals surface area (Å²) in [4.78, 5) is 24.3. The SMILES string of the molecule is O=C(Oc1ccc([N+](=O)O)cc1)N1CCc2ccccc2C1. The van der Waals surface area contributed by atoms with E-state index in [1.165, 1.54) is 29.8 Å². The molecule has 1 amide bonds. The zero-order chi connectivity index (χ0) is 15.5. The van der Waals surface area contributed by atoms with Crippen LogP contribution >= 0.6 is 0 Å². The van der Waals surface area contributed by atoms with Gasteiger partial charge in [0.2, 0.25) is 0 Å². The minimum atomic E-state index is -0.426. The number of hydrogen-bond donors (Lipinski definition) is 1. The number of rotatable bonds is 2. The van der Waals surface area contributed by atoms with Crippen molar-refractivity contribution in [2.75, 3.05) is 6.54 Å².